The Kier molecular flexibility index (Phi) is 4.76. The van der Waals surface area contributed by atoms with Crippen LogP contribution < -0.4 is 0 Å². The van der Waals surface area contributed by atoms with Gasteiger partial charge < -0.3 is 24.9 Å². The first-order valence-electron chi connectivity index (χ1n) is 7.95. The average Bonchev–Trinajstić information content (AvgIpc) is 3.26. The third kappa shape index (κ3) is 4.00. The highest BCUT2D eigenvalue weighted by Crippen LogP contribution is 2.31. The Morgan fingerprint density at radius 3 is 2.80 bits per heavy atom. The number of oxime groups is 1. The van der Waals surface area contributed by atoms with E-state index in [9.17, 15) is 20.2 Å². The predicted octanol–water partition coefficient (Wildman–Crippen LogP) is 2.30. The second kappa shape index (κ2) is 6.98. The van der Waals surface area contributed by atoms with Crippen LogP contribution in [0.4, 0.5) is 0 Å². The number of benzene rings is 1. The van der Waals surface area contributed by atoms with Crippen molar-refractivity contribution in [2.75, 3.05) is 0 Å². The third-order valence-corrected chi connectivity index (χ3v) is 4.08. The van der Waals surface area contributed by atoms with Crippen molar-refractivity contribution in [2.24, 2.45) is 5.16 Å². The second-order valence-electron chi connectivity index (χ2n) is 6.10. The molecule has 7 heteroatoms. The van der Waals surface area contributed by atoms with Gasteiger partial charge in [-0.1, -0.05) is 23.4 Å². The minimum absolute atomic E-state index is 0.0192. The highest BCUT2D eigenvalue weighted by atomic mass is 16.6. The topological polar surface area (TPSA) is 112 Å². The molecule has 1 fully saturated rings. The van der Waals surface area contributed by atoms with Gasteiger partial charge in [0.15, 0.2) is 0 Å². The molecule has 7 nitrogen and oxygen atoms in total. The van der Waals surface area contributed by atoms with E-state index in [1.807, 2.05) is 6.08 Å². The minimum Gasteiger partial charge on any atom is -0.508 e. The number of phenolic OH excluding ortho intramolecular Hbond substituents is 2. The van der Waals surface area contributed by atoms with Gasteiger partial charge in [-0.25, -0.2) is 4.79 Å². The summed E-state index contributed by atoms with van der Waals surface area (Å²) in [5.74, 6) is -1.29. The summed E-state index contributed by atoms with van der Waals surface area (Å²) in [6, 6.07) is 2.41. The van der Waals surface area contributed by atoms with E-state index in [0.29, 0.717) is 12.0 Å². The monoisotopic (exact) mass is 345 g/mol. The number of phenols is 2. The van der Waals surface area contributed by atoms with Crippen molar-refractivity contribution < 1.29 is 29.7 Å². The van der Waals surface area contributed by atoms with Gasteiger partial charge in [0.1, 0.15) is 29.3 Å². The highest BCUT2D eigenvalue weighted by molar-refractivity contribution is 6.00. The summed E-state index contributed by atoms with van der Waals surface area (Å²) in [7, 11) is 0. The van der Waals surface area contributed by atoms with Gasteiger partial charge in [0.2, 0.25) is 0 Å². The van der Waals surface area contributed by atoms with E-state index in [0.717, 1.165) is 6.07 Å². The molecule has 3 rings (SSSR count). The van der Waals surface area contributed by atoms with Crippen LogP contribution in [0.3, 0.4) is 0 Å². The molecule has 0 saturated carbocycles. The summed E-state index contributed by atoms with van der Waals surface area (Å²) in [6.07, 6.45) is 7.06. The summed E-state index contributed by atoms with van der Waals surface area (Å²) >= 11 is 0. The van der Waals surface area contributed by atoms with Gasteiger partial charge in [0, 0.05) is 18.9 Å². The normalized spacial score (nSPS) is 28.0. The van der Waals surface area contributed by atoms with E-state index in [4.69, 9.17) is 9.47 Å². The molecule has 0 aliphatic carbocycles. The Bertz CT molecular complexity index is 767. The zero-order valence-corrected chi connectivity index (χ0v) is 13.6. The molecule has 0 aromatic heterocycles. The Labute approximate surface area is 144 Å². The fourth-order valence-corrected chi connectivity index (χ4v) is 2.84. The summed E-state index contributed by atoms with van der Waals surface area (Å²) in [5.41, 5.74) is 0.496. The molecule has 25 heavy (non-hydrogen) atoms. The van der Waals surface area contributed by atoms with Crippen molar-refractivity contribution in [3.63, 3.8) is 0 Å². The molecule has 0 radical (unpaired) electrons. The number of hydrogen-bond donors (Lipinski definition) is 3. The van der Waals surface area contributed by atoms with Gasteiger partial charge >= 0.3 is 5.97 Å². The van der Waals surface area contributed by atoms with Crippen LogP contribution in [0.25, 0.3) is 0 Å². The summed E-state index contributed by atoms with van der Waals surface area (Å²) in [5, 5.41) is 32.2. The predicted molar refractivity (Wildman–Crippen MR) is 89.1 cm³/mol. The first-order chi connectivity index (χ1) is 12.0. The van der Waals surface area contributed by atoms with Crippen molar-refractivity contribution in [2.45, 2.75) is 38.1 Å². The fraction of sp³-hybridized carbons (Fsp3) is 0.333. The van der Waals surface area contributed by atoms with E-state index in [1.54, 1.807) is 25.2 Å². The maximum atomic E-state index is 12.5. The summed E-state index contributed by atoms with van der Waals surface area (Å²) < 4.78 is 10.9. The standard InChI is InChI=1S/C18H19NO6/c1-10-6-16-15(25-16)5-3-2-4-12(19-23)7-11-8-13(20)9-14(21)17(11)18(22)24-10/h2-5,8-10,15-16,20-21,23H,6-7H2,1H3/t10-,15+,16-/m1/s1. The van der Waals surface area contributed by atoms with Gasteiger partial charge in [-0.05, 0) is 24.6 Å². The average molecular weight is 345 g/mol. The van der Waals surface area contributed by atoms with Gasteiger partial charge in [-0.3, -0.25) is 0 Å². The number of hydrogen-bond acceptors (Lipinski definition) is 7. The number of cyclic esters (lactones) is 1. The van der Waals surface area contributed by atoms with Crippen LogP contribution in [-0.4, -0.2) is 45.4 Å². The molecule has 1 aromatic carbocycles. The molecule has 3 atom stereocenters. The molecule has 2 aliphatic heterocycles. The van der Waals surface area contributed by atoms with Gasteiger partial charge in [-0.2, -0.15) is 0 Å². The SMILES string of the molecule is C[C@@H]1C[C@H]2O[C@H]2C=CC=CC(=NO)Cc2cc(O)cc(O)c2C(=O)O1. The van der Waals surface area contributed by atoms with Crippen LogP contribution in [-0.2, 0) is 15.9 Å². The summed E-state index contributed by atoms with van der Waals surface area (Å²) in [4.78, 5) is 12.5. The van der Waals surface area contributed by atoms with Gasteiger partial charge in [0.05, 0.1) is 11.8 Å². The number of fused-ring (bicyclic) bond motifs is 2. The van der Waals surface area contributed by atoms with Crippen molar-refractivity contribution in [1.29, 1.82) is 0 Å². The maximum absolute atomic E-state index is 12.5. The zero-order chi connectivity index (χ0) is 18.0. The molecule has 3 N–H and O–H groups in total. The number of allylic oxidation sites excluding steroid dienone is 3. The smallest absolute Gasteiger partial charge is 0.342 e. The first kappa shape index (κ1) is 17.0. The lowest BCUT2D eigenvalue weighted by molar-refractivity contribution is 0.0306. The first-order valence-corrected chi connectivity index (χ1v) is 7.95. The molecular formula is C18H19NO6. The summed E-state index contributed by atoms with van der Waals surface area (Å²) in [6.45, 7) is 1.75. The molecular weight excluding hydrogens is 326 g/mol. The Balaban J connectivity index is 1.99. The van der Waals surface area contributed by atoms with Crippen molar-refractivity contribution in [1.82, 2.24) is 0 Å². The van der Waals surface area contributed by atoms with Crippen molar-refractivity contribution in [3.8, 4) is 11.5 Å². The Morgan fingerprint density at radius 1 is 1.24 bits per heavy atom. The quantitative estimate of drug-likeness (QED) is 0.288. The third-order valence-electron chi connectivity index (χ3n) is 4.08. The lowest BCUT2D eigenvalue weighted by atomic mass is 9.99. The van der Waals surface area contributed by atoms with E-state index >= 15 is 0 Å². The van der Waals surface area contributed by atoms with Crippen molar-refractivity contribution in [3.05, 3.63) is 47.6 Å². The van der Waals surface area contributed by atoms with Crippen LogP contribution in [0, 0.1) is 0 Å². The van der Waals surface area contributed by atoms with Crippen LogP contribution in [0.15, 0.2) is 41.6 Å². The molecule has 1 aromatic rings. The number of ether oxygens (including phenoxy) is 2. The number of nitrogens with zero attached hydrogens (tertiary/aromatic N) is 1. The van der Waals surface area contributed by atoms with Crippen molar-refractivity contribution >= 4 is 11.7 Å². The molecule has 2 aliphatic rings. The Hall–Kier alpha value is -2.80. The lowest BCUT2D eigenvalue weighted by Gasteiger charge is -2.16. The number of carbonyl (C=O) groups is 1. The van der Waals surface area contributed by atoms with Crippen LogP contribution in [0.5, 0.6) is 11.5 Å². The van der Waals surface area contributed by atoms with Gasteiger partial charge in [-0.15, -0.1) is 0 Å². The van der Waals surface area contributed by atoms with Crippen LogP contribution in [0.2, 0.25) is 0 Å². The number of aromatic hydroxyl groups is 2. The molecule has 0 amide bonds. The molecule has 0 bridgehead atoms. The fourth-order valence-electron chi connectivity index (χ4n) is 2.84. The lowest BCUT2D eigenvalue weighted by Crippen LogP contribution is -2.19. The number of esters is 1. The molecule has 132 valence electrons. The minimum atomic E-state index is -0.703. The Morgan fingerprint density at radius 2 is 2.04 bits per heavy atom. The molecule has 2 heterocycles. The van der Waals surface area contributed by atoms with Crippen LogP contribution in [0.1, 0.15) is 29.3 Å². The van der Waals surface area contributed by atoms with E-state index < -0.39 is 12.1 Å². The second-order valence-corrected chi connectivity index (χ2v) is 6.10. The largest absolute Gasteiger partial charge is 0.508 e. The molecule has 0 spiro atoms. The van der Waals surface area contributed by atoms with E-state index in [1.165, 1.54) is 6.07 Å². The maximum Gasteiger partial charge on any atom is 0.342 e. The van der Waals surface area contributed by atoms with E-state index in [-0.39, 0.29) is 41.4 Å². The van der Waals surface area contributed by atoms with E-state index in [2.05, 4.69) is 5.16 Å². The zero-order valence-electron chi connectivity index (χ0n) is 13.6. The number of rotatable bonds is 0. The number of carbonyl (C=O) groups excluding carboxylic acids is 1. The molecule has 0 unspecified atom stereocenters. The highest BCUT2D eigenvalue weighted by Gasteiger charge is 2.38. The number of epoxide rings is 1. The van der Waals surface area contributed by atoms with Gasteiger partial charge in [0.25, 0.3) is 0 Å². The molecule has 1 saturated heterocycles. The van der Waals surface area contributed by atoms with Crippen LogP contribution >= 0.6 is 0 Å².